The molecule has 1 saturated heterocycles. The van der Waals surface area contributed by atoms with Crippen molar-refractivity contribution < 1.29 is 4.79 Å². The van der Waals surface area contributed by atoms with Crippen LogP contribution in [0.4, 0.5) is 4.79 Å². The van der Waals surface area contributed by atoms with E-state index in [1.54, 1.807) is 0 Å². The zero-order chi connectivity index (χ0) is 17.8. The van der Waals surface area contributed by atoms with Crippen LogP contribution in [0.2, 0.25) is 0 Å². The molecule has 1 atom stereocenters. The number of aryl methyl sites for hydroxylation is 2. The molecule has 25 heavy (non-hydrogen) atoms. The van der Waals surface area contributed by atoms with Gasteiger partial charge in [0, 0.05) is 26.2 Å². The lowest BCUT2D eigenvalue weighted by atomic mass is 10.0. The van der Waals surface area contributed by atoms with Gasteiger partial charge in [-0.2, -0.15) is 0 Å². The molecule has 0 spiro atoms. The van der Waals surface area contributed by atoms with Crippen molar-refractivity contribution in [1.82, 2.24) is 15.1 Å². The summed E-state index contributed by atoms with van der Waals surface area (Å²) in [4.78, 5) is 17.1. The molecule has 3 rings (SSSR count). The summed E-state index contributed by atoms with van der Waals surface area (Å²) in [6, 6.07) is 16.8. The molecule has 2 amide bonds. The van der Waals surface area contributed by atoms with Crippen molar-refractivity contribution in [2.24, 2.45) is 0 Å². The van der Waals surface area contributed by atoms with Crippen molar-refractivity contribution in [3.8, 4) is 0 Å². The van der Waals surface area contributed by atoms with Crippen molar-refractivity contribution >= 4 is 6.03 Å². The minimum Gasteiger partial charge on any atom is -0.334 e. The van der Waals surface area contributed by atoms with Gasteiger partial charge in [0.15, 0.2) is 0 Å². The minimum atomic E-state index is 0.0157. The van der Waals surface area contributed by atoms with Crippen molar-refractivity contribution in [2.45, 2.75) is 26.4 Å². The second-order valence-corrected chi connectivity index (χ2v) is 6.97. The van der Waals surface area contributed by atoms with Gasteiger partial charge in [-0.1, -0.05) is 54.1 Å². The molecular weight excluding hydrogens is 310 g/mol. The molecule has 0 aliphatic carbocycles. The van der Waals surface area contributed by atoms with Crippen LogP contribution in [0.15, 0.2) is 48.5 Å². The fourth-order valence-corrected chi connectivity index (χ4v) is 3.44. The molecule has 0 aromatic heterocycles. The Labute approximate surface area is 150 Å². The van der Waals surface area contributed by atoms with Gasteiger partial charge in [0.25, 0.3) is 0 Å². The fraction of sp³-hybridized carbons (Fsp3) is 0.381. The van der Waals surface area contributed by atoms with Crippen LogP contribution < -0.4 is 5.32 Å². The highest BCUT2D eigenvalue weighted by Gasteiger charge is 2.30. The Bertz CT molecular complexity index is 729. The number of rotatable bonds is 3. The van der Waals surface area contributed by atoms with Gasteiger partial charge in [0.05, 0.1) is 6.04 Å². The maximum Gasteiger partial charge on any atom is 0.318 e. The summed E-state index contributed by atoms with van der Waals surface area (Å²) in [5.41, 5.74) is 4.83. The molecule has 4 nitrogen and oxygen atoms in total. The lowest BCUT2D eigenvalue weighted by Gasteiger charge is -2.40. The Morgan fingerprint density at radius 2 is 1.88 bits per heavy atom. The molecule has 4 heteroatoms. The summed E-state index contributed by atoms with van der Waals surface area (Å²) in [6.07, 6.45) is 0. The molecule has 0 bridgehead atoms. The Hall–Kier alpha value is -2.33. The van der Waals surface area contributed by atoms with E-state index in [9.17, 15) is 4.79 Å². The van der Waals surface area contributed by atoms with Crippen LogP contribution >= 0.6 is 0 Å². The number of likely N-dealkylation sites (N-methyl/N-ethyl adjacent to an activating group) is 1. The van der Waals surface area contributed by atoms with Crippen molar-refractivity contribution in [2.75, 3.05) is 26.7 Å². The van der Waals surface area contributed by atoms with E-state index >= 15 is 0 Å². The van der Waals surface area contributed by atoms with Crippen molar-refractivity contribution in [3.63, 3.8) is 0 Å². The maximum atomic E-state index is 12.8. The number of piperazine rings is 1. The second kappa shape index (κ2) is 7.70. The number of amides is 2. The number of nitrogens with zero attached hydrogens (tertiary/aromatic N) is 2. The van der Waals surface area contributed by atoms with E-state index in [-0.39, 0.29) is 12.1 Å². The van der Waals surface area contributed by atoms with Crippen LogP contribution in [0.5, 0.6) is 0 Å². The number of hydrogen-bond donors (Lipinski definition) is 1. The lowest BCUT2D eigenvalue weighted by Crippen LogP contribution is -2.52. The van der Waals surface area contributed by atoms with Gasteiger partial charge >= 0.3 is 6.03 Å². The Morgan fingerprint density at radius 3 is 2.60 bits per heavy atom. The summed E-state index contributed by atoms with van der Waals surface area (Å²) >= 11 is 0. The summed E-state index contributed by atoms with van der Waals surface area (Å²) < 4.78 is 0. The number of hydrogen-bond acceptors (Lipinski definition) is 2. The Morgan fingerprint density at radius 1 is 1.12 bits per heavy atom. The SMILES string of the molecule is Cc1ccc(CNC(=O)N2CCN(C)CC2c2ccccc2)c(C)c1. The van der Waals surface area contributed by atoms with Crippen LogP contribution in [-0.4, -0.2) is 42.5 Å². The normalized spacial score (nSPS) is 18.2. The van der Waals surface area contributed by atoms with Gasteiger partial charge in [-0.05, 0) is 37.6 Å². The molecule has 0 saturated carbocycles. The van der Waals surface area contributed by atoms with Crippen LogP contribution in [0.3, 0.4) is 0 Å². The zero-order valence-corrected chi connectivity index (χ0v) is 15.3. The van der Waals surface area contributed by atoms with Crippen LogP contribution in [-0.2, 0) is 6.54 Å². The highest BCUT2D eigenvalue weighted by atomic mass is 16.2. The van der Waals surface area contributed by atoms with E-state index in [2.05, 4.69) is 61.4 Å². The molecular formula is C21H27N3O. The van der Waals surface area contributed by atoms with Crippen molar-refractivity contribution in [1.29, 1.82) is 0 Å². The number of carbonyl (C=O) groups excluding carboxylic acids is 1. The quantitative estimate of drug-likeness (QED) is 0.930. The third kappa shape index (κ3) is 4.20. The average Bonchev–Trinajstić information content (AvgIpc) is 2.61. The predicted molar refractivity (Wildman–Crippen MR) is 102 cm³/mol. The van der Waals surface area contributed by atoms with Gasteiger partial charge < -0.3 is 15.1 Å². The van der Waals surface area contributed by atoms with Gasteiger partial charge in [-0.25, -0.2) is 4.79 Å². The molecule has 1 aliphatic heterocycles. The standard InChI is InChI=1S/C21H27N3O/c1-16-9-10-19(17(2)13-16)14-22-21(25)24-12-11-23(3)15-20(24)18-7-5-4-6-8-18/h4-10,13,20H,11-12,14-15H2,1-3H3,(H,22,25). The van der Waals surface area contributed by atoms with E-state index in [1.165, 1.54) is 22.3 Å². The summed E-state index contributed by atoms with van der Waals surface area (Å²) in [7, 11) is 2.11. The molecule has 1 unspecified atom stereocenters. The summed E-state index contributed by atoms with van der Waals surface area (Å²) in [5.74, 6) is 0. The summed E-state index contributed by atoms with van der Waals surface area (Å²) in [6.45, 7) is 7.26. The molecule has 132 valence electrons. The average molecular weight is 337 g/mol. The minimum absolute atomic E-state index is 0.0157. The third-order valence-electron chi connectivity index (χ3n) is 4.96. The molecule has 1 N–H and O–H groups in total. The first-order valence-corrected chi connectivity index (χ1v) is 8.88. The third-order valence-corrected chi connectivity index (χ3v) is 4.96. The number of carbonyl (C=O) groups is 1. The van der Waals surface area contributed by atoms with Crippen LogP contribution in [0.1, 0.15) is 28.3 Å². The monoisotopic (exact) mass is 337 g/mol. The highest BCUT2D eigenvalue weighted by molar-refractivity contribution is 5.75. The predicted octanol–water partition coefficient (Wildman–Crippen LogP) is 3.50. The molecule has 2 aromatic rings. The van der Waals surface area contributed by atoms with E-state index < -0.39 is 0 Å². The fourth-order valence-electron chi connectivity index (χ4n) is 3.44. The Balaban J connectivity index is 1.70. The summed E-state index contributed by atoms with van der Waals surface area (Å²) in [5, 5.41) is 3.11. The largest absolute Gasteiger partial charge is 0.334 e. The van der Waals surface area contributed by atoms with Gasteiger partial charge in [0.1, 0.15) is 0 Å². The van der Waals surface area contributed by atoms with Crippen molar-refractivity contribution in [3.05, 3.63) is 70.8 Å². The van der Waals surface area contributed by atoms with Crippen LogP contribution in [0, 0.1) is 13.8 Å². The topological polar surface area (TPSA) is 35.6 Å². The number of nitrogens with one attached hydrogen (secondary N) is 1. The van der Waals surface area contributed by atoms with Gasteiger partial charge in [0.2, 0.25) is 0 Å². The van der Waals surface area contributed by atoms with E-state index in [4.69, 9.17) is 0 Å². The first-order valence-electron chi connectivity index (χ1n) is 8.88. The molecule has 0 radical (unpaired) electrons. The number of urea groups is 1. The van der Waals surface area contributed by atoms with E-state index in [0.717, 1.165) is 19.6 Å². The maximum absolute atomic E-state index is 12.8. The Kier molecular flexibility index (Phi) is 5.39. The lowest BCUT2D eigenvalue weighted by molar-refractivity contribution is 0.108. The zero-order valence-electron chi connectivity index (χ0n) is 15.3. The van der Waals surface area contributed by atoms with E-state index in [1.807, 2.05) is 23.1 Å². The second-order valence-electron chi connectivity index (χ2n) is 6.97. The van der Waals surface area contributed by atoms with E-state index in [0.29, 0.717) is 6.54 Å². The molecule has 1 fully saturated rings. The highest BCUT2D eigenvalue weighted by Crippen LogP contribution is 2.24. The van der Waals surface area contributed by atoms with Crippen LogP contribution in [0.25, 0.3) is 0 Å². The molecule has 1 heterocycles. The van der Waals surface area contributed by atoms with Gasteiger partial charge in [-0.3, -0.25) is 0 Å². The molecule has 1 aliphatic rings. The number of benzene rings is 2. The smallest absolute Gasteiger partial charge is 0.318 e. The van der Waals surface area contributed by atoms with Gasteiger partial charge in [-0.15, -0.1) is 0 Å². The first kappa shape index (κ1) is 17.5. The first-order chi connectivity index (χ1) is 12.0. The molecule has 2 aromatic carbocycles.